The van der Waals surface area contributed by atoms with E-state index in [9.17, 15) is 0 Å². The minimum atomic E-state index is 0.698. The second kappa shape index (κ2) is 5.57. The summed E-state index contributed by atoms with van der Waals surface area (Å²) in [7, 11) is 0. The summed E-state index contributed by atoms with van der Waals surface area (Å²) >= 11 is 0. The van der Waals surface area contributed by atoms with Crippen molar-refractivity contribution in [3.63, 3.8) is 0 Å². The maximum absolute atomic E-state index is 5.44. The molecular weight excluding hydrogens is 268 g/mol. The van der Waals surface area contributed by atoms with Gasteiger partial charge in [0, 0.05) is 32.2 Å². The molecule has 2 aliphatic heterocycles. The van der Waals surface area contributed by atoms with Crippen LogP contribution in [0.1, 0.15) is 12.8 Å². The topological polar surface area (TPSA) is 58.8 Å². The highest BCUT2D eigenvalue weighted by molar-refractivity contribution is 5.45. The van der Waals surface area contributed by atoms with Crippen LogP contribution in [0.5, 0.6) is 0 Å². The van der Waals surface area contributed by atoms with Crippen LogP contribution in [0.25, 0.3) is 5.65 Å². The highest BCUT2D eigenvalue weighted by atomic mass is 16.5. The number of ether oxygens (including phenoxy) is 1. The van der Waals surface area contributed by atoms with E-state index in [2.05, 4.69) is 25.1 Å². The van der Waals surface area contributed by atoms with Gasteiger partial charge in [-0.05, 0) is 25.0 Å². The molecule has 0 radical (unpaired) electrons. The molecule has 0 amide bonds. The third-order valence-electron chi connectivity index (χ3n) is 4.50. The van der Waals surface area contributed by atoms with Gasteiger partial charge in [0.25, 0.3) is 0 Å². The van der Waals surface area contributed by atoms with Crippen LogP contribution >= 0.6 is 0 Å². The highest BCUT2D eigenvalue weighted by Gasteiger charge is 2.26. The number of hydrogen-bond acceptors (Lipinski definition) is 6. The van der Waals surface area contributed by atoms with Crippen LogP contribution in [-0.2, 0) is 4.74 Å². The van der Waals surface area contributed by atoms with E-state index >= 15 is 0 Å². The second-order valence-corrected chi connectivity index (χ2v) is 5.69. The van der Waals surface area contributed by atoms with Gasteiger partial charge in [0.15, 0.2) is 5.65 Å². The molecule has 0 saturated carbocycles. The quantitative estimate of drug-likeness (QED) is 0.798. The fourth-order valence-corrected chi connectivity index (χ4v) is 3.29. The summed E-state index contributed by atoms with van der Waals surface area (Å²) in [5.41, 5.74) is 0.793. The maximum atomic E-state index is 5.44. The normalized spacial score (nSPS) is 22.0. The number of nitrogens with zero attached hydrogens (tertiary/aromatic N) is 6. The first-order valence-electron chi connectivity index (χ1n) is 7.64. The minimum Gasteiger partial charge on any atom is -0.379 e. The molecule has 2 aliphatic rings. The number of piperidine rings is 1. The molecule has 0 aromatic carbocycles. The van der Waals surface area contributed by atoms with Crippen molar-refractivity contribution < 1.29 is 4.74 Å². The zero-order valence-corrected chi connectivity index (χ0v) is 12.1. The highest BCUT2D eigenvalue weighted by Crippen LogP contribution is 2.21. The molecule has 2 aromatic rings. The monoisotopic (exact) mass is 288 g/mol. The van der Waals surface area contributed by atoms with Gasteiger partial charge in [0.2, 0.25) is 0 Å². The summed E-state index contributed by atoms with van der Waals surface area (Å²) in [6.07, 6.45) is 4.04. The van der Waals surface area contributed by atoms with Gasteiger partial charge in [-0.3, -0.25) is 4.90 Å². The summed E-state index contributed by atoms with van der Waals surface area (Å²) in [6, 6.07) is 4.71. The Morgan fingerprint density at radius 3 is 2.67 bits per heavy atom. The fraction of sp³-hybridized carbons (Fsp3) is 0.643. The molecule has 7 nitrogen and oxygen atoms in total. The van der Waals surface area contributed by atoms with Crippen molar-refractivity contribution in [2.75, 3.05) is 44.3 Å². The molecular formula is C14H20N6O. The molecule has 0 unspecified atom stereocenters. The van der Waals surface area contributed by atoms with Crippen molar-refractivity contribution in [2.45, 2.75) is 18.9 Å². The van der Waals surface area contributed by atoms with Crippen LogP contribution < -0.4 is 4.90 Å². The van der Waals surface area contributed by atoms with Crippen LogP contribution in [0.2, 0.25) is 0 Å². The van der Waals surface area contributed by atoms with Crippen molar-refractivity contribution in [3.05, 3.63) is 18.5 Å². The molecule has 0 atom stereocenters. The van der Waals surface area contributed by atoms with E-state index in [1.807, 2.05) is 12.1 Å². The Labute approximate surface area is 123 Å². The van der Waals surface area contributed by atoms with Gasteiger partial charge in [0.05, 0.1) is 13.2 Å². The Morgan fingerprint density at radius 2 is 1.86 bits per heavy atom. The predicted octanol–water partition coefficient (Wildman–Crippen LogP) is 0.425. The van der Waals surface area contributed by atoms with Crippen LogP contribution in [0, 0.1) is 0 Å². The lowest BCUT2D eigenvalue weighted by atomic mass is 10.0. The molecule has 7 heteroatoms. The molecule has 2 aromatic heterocycles. The van der Waals surface area contributed by atoms with E-state index in [0.29, 0.717) is 6.04 Å². The van der Waals surface area contributed by atoms with Gasteiger partial charge in [-0.15, -0.1) is 15.3 Å². The third kappa shape index (κ3) is 2.58. The van der Waals surface area contributed by atoms with E-state index in [4.69, 9.17) is 4.74 Å². The molecule has 2 fully saturated rings. The van der Waals surface area contributed by atoms with Crippen LogP contribution in [-0.4, -0.2) is 70.1 Å². The molecule has 0 bridgehead atoms. The lowest BCUT2D eigenvalue weighted by molar-refractivity contribution is 0.0114. The molecule has 4 heterocycles. The Hall–Kier alpha value is -1.73. The first kappa shape index (κ1) is 13.0. The van der Waals surface area contributed by atoms with E-state index in [1.165, 1.54) is 12.8 Å². The summed E-state index contributed by atoms with van der Waals surface area (Å²) in [6.45, 7) is 6.04. The number of fused-ring (bicyclic) bond motifs is 1. The predicted molar refractivity (Wildman–Crippen MR) is 78.4 cm³/mol. The van der Waals surface area contributed by atoms with Crippen molar-refractivity contribution in [1.82, 2.24) is 24.7 Å². The molecule has 2 saturated heterocycles. The van der Waals surface area contributed by atoms with Crippen LogP contribution in [0.3, 0.4) is 0 Å². The SMILES string of the molecule is c1cc2nncn2nc1N1CCC(N2CCOCC2)CC1. The molecule has 21 heavy (non-hydrogen) atoms. The standard InChI is InChI=1S/C14H20N6O/c1-2-14(17-20-11-15-16-13(1)20)19-5-3-12(4-6-19)18-7-9-21-10-8-18/h1-2,11-12H,3-10H2. The van der Waals surface area contributed by atoms with E-state index in [-0.39, 0.29) is 0 Å². The van der Waals surface area contributed by atoms with Gasteiger partial charge in [-0.2, -0.15) is 4.52 Å². The average Bonchev–Trinajstić information content (AvgIpc) is 3.03. The van der Waals surface area contributed by atoms with Crippen LogP contribution in [0.15, 0.2) is 18.5 Å². The third-order valence-corrected chi connectivity index (χ3v) is 4.50. The number of hydrogen-bond donors (Lipinski definition) is 0. The minimum absolute atomic E-state index is 0.698. The number of aromatic nitrogens is 4. The summed E-state index contributed by atoms with van der Waals surface area (Å²) in [5, 5.41) is 12.4. The number of morpholine rings is 1. The van der Waals surface area contributed by atoms with Gasteiger partial charge >= 0.3 is 0 Å². The Morgan fingerprint density at radius 1 is 1.05 bits per heavy atom. The van der Waals surface area contributed by atoms with E-state index in [1.54, 1.807) is 10.8 Å². The van der Waals surface area contributed by atoms with Gasteiger partial charge < -0.3 is 9.64 Å². The average molecular weight is 288 g/mol. The zero-order chi connectivity index (χ0) is 14.1. The zero-order valence-electron chi connectivity index (χ0n) is 12.1. The first-order valence-corrected chi connectivity index (χ1v) is 7.64. The van der Waals surface area contributed by atoms with Crippen molar-refractivity contribution in [3.8, 4) is 0 Å². The van der Waals surface area contributed by atoms with Crippen molar-refractivity contribution in [1.29, 1.82) is 0 Å². The van der Waals surface area contributed by atoms with Gasteiger partial charge in [-0.25, -0.2) is 0 Å². The van der Waals surface area contributed by atoms with Crippen molar-refractivity contribution in [2.24, 2.45) is 0 Å². The second-order valence-electron chi connectivity index (χ2n) is 5.69. The fourth-order valence-electron chi connectivity index (χ4n) is 3.29. The summed E-state index contributed by atoms with van der Waals surface area (Å²) in [5.74, 6) is 1.02. The molecule has 0 N–H and O–H groups in total. The number of rotatable bonds is 2. The van der Waals surface area contributed by atoms with Crippen LogP contribution in [0.4, 0.5) is 5.82 Å². The summed E-state index contributed by atoms with van der Waals surface area (Å²) in [4.78, 5) is 4.94. The summed E-state index contributed by atoms with van der Waals surface area (Å²) < 4.78 is 7.18. The molecule has 0 aliphatic carbocycles. The van der Waals surface area contributed by atoms with E-state index in [0.717, 1.165) is 50.9 Å². The lowest BCUT2D eigenvalue weighted by Gasteiger charge is -2.40. The smallest absolute Gasteiger partial charge is 0.177 e. The molecule has 112 valence electrons. The molecule has 4 rings (SSSR count). The lowest BCUT2D eigenvalue weighted by Crippen LogP contribution is -2.49. The van der Waals surface area contributed by atoms with Gasteiger partial charge in [0.1, 0.15) is 12.1 Å². The Kier molecular flexibility index (Phi) is 3.44. The first-order chi connectivity index (χ1) is 10.4. The Bertz CT molecular complexity index is 600. The van der Waals surface area contributed by atoms with Crippen molar-refractivity contribution >= 4 is 11.5 Å². The largest absolute Gasteiger partial charge is 0.379 e. The molecule has 0 spiro atoms. The van der Waals surface area contributed by atoms with Gasteiger partial charge in [-0.1, -0.05) is 0 Å². The number of anilines is 1. The van der Waals surface area contributed by atoms with E-state index < -0.39 is 0 Å². The maximum Gasteiger partial charge on any atom is 0.177 e. The Balaban J connectivity index is 1.42.